The Hall–Kier alpha value is -2.08. The van der Waals surface area contributed by atoms with E-state index in [1.54, 1.807) is 18.3 Å². The SMILES string of the molecule is NC(=O)Nc1cccc(Nc2nccs2)c1. The quantitative estimate of drug-likeness (QED) is 0.762. The molecule has 4 N–H and O–H groups in total. The molecule has 1 aromatic carbocycles. The number of nitrogens with one attached hydrogen (secondary N) is 2. The summed E-state index contributed by atoms with van der Waals surface area (Å²) >= 11 is 1.50. The van der Waals surface area contributed by atoms with E-state index in [0.29, 0.717) is 5.69 Å². The average molecular weight is 234 g/mol. The minimum Gasteiger partial charge on any atom is -0.351 e. The van der Waals surface area contributed by atoms with Crippen molar-refractivity contribution in [3.63, 3.8) is 0 Å². The molecule has 0 spiro atoms. The molecule has 0 atom stereocenters. The number of benzene rings is 1. The molecule has 16 heavy (non-hydrogen) atoms. The molecule has 0 aliphatic rings. The lowest BCUT2D eigenvalue weighted by Crippen LogP contribution is -2.19. The molecule has 0 unspecified atom stereocenters. The van der Waals surface area contributed by atoms with E-state index in [2.05, 4.69) is 15.6 Å². The first-order chi connectivity index (χ1) is 7.74. The number of thiazole rings is 1. The molecule has 0 radical (unpaired) electrons. The third-order valence-electron chi connectivity index (χ3n) is 1.81. The summed E-state index contributed by atoms with van der Waals surface area (Å²) in [5, 5.41) is 8.30. The summed E-state index contributed by atoms with van der Waals surface area (Å²) in [6, 6.07) is 6.67. The minimum atomic E-state index is -0.577. The molecule has 82 valence electrons. The fourth-order valence-electron chi connectivity index (χ4n) is 1.23. The Labute approximate surface area is 96.3 Å². The maximum Gasteiger partial charge on any atom is 0.316 e. The number of nitrogens with two attached hydrogens (primary N) is 1. The van der Waals surface area contributed by atoms with E-state index in [4.69, 9.17) is 5.73 Å². The second-order valence-electron chi connectivity index (χ2n) is 3.03. The first-order valence-corrected chi connectivity index (χ1v) is 5.45. The molecule has 0 aliphatic carbocycles. The highest BCUT2D eigenvalue weighted by Crippen LogP contribution is 2.21. The highest BCUT2D eigenvalue weighted by molar-refractivity contribution is 7.13. The monoisotopic (exact) mass is 234 g/mol. The second-order valence-corrected chi connectivity index (χ2v) is 3.93. The molecule has 2 aromatic rings. The first kappa shape index (κ1) is 10.4. The zero-order valence-electron chi connectivity index (χ0n) is 8.31. The summed E-state index contributed by atoms with van der Waals surface area (Å²) < 4.78 is 0. The van der Waals surface area contributed by atoms with E-state index in [0.717, 1.165) is 10.8 Å². The third kappa shape index (κ3) is 2.71. The maximum absolute atomic E-state index is 10.7. The van der Waals surface area contributed by atoms with Crippen LogP contribution in [0, 0.1) is 0 Å². The van der Waals surface area contributed by atoms with Crippen LogP contribution in [-0.2, 0) is 0 Å². The summed E-state index contributed by atoms with van der Waals surface area (Å²) in [6.45, 7) is 0. The highest BCUT2D eigenvalue weighted by Gasteiger charge is 1.99. The van der Waals surface area contributed by atoms with Crippen molar-refractivity contribution >= 4 is 33.9 Å². The van der Waals surface area contributed by atoms with Gasteiger partial charge >= 0.3 is 6.03 Å². The molecule has 2 amide bonds. The Morgan fingerprint density at radius 3 is 2.88 bits per heavy atom. The van der Waals surface area contributed by atoms with Gasteiger partial charge in [-0.1, -0.05) is 6.07 Å². The molecule has 1 aromatic heterocycles. The summed E-state index contributed by atoms with van der Waals surface area (Å²) in [7, 11) is 0. The van der Waals surface area contributed by atoms with Crippen molar-refractivity contribution in [1.29, 1.82) is 0 Å². The van der Waals surface area contributed by atoms with Gasteiger partial charge in [-0.05, 0) is 18.2 Å². The number of nitrogens with zero attached hydrogens (tertiary/aromatic N) is 1. The first-order valence-electron chi connectivity index (χ1n) is 4.57. The molecular formula is C10H10N4OS. The Morgan fingerprint density at radius 2 is 2.19 bits per heavy atom. The Kier molecular flexibility index (Phi) is 3.02. The van der Waals surface area contributed by atoms with E-state index < -0.39 is 6.03 Å². The predicted molar refractivity (Wildman–Crippen MR) is 65.0 cm³/mol. The van der Waals surface area contributed by atoms with Crippen LogP contribution in [0.4, 0.5) is 21.3 Å². The fraction of sp³-hybridized carbons (Fsp3) is 0. The summed E-state index contributed by atoms with van der Waals surface area (Å²) in [4.78, 5) is 14.8. The number of primary amides is 1. The lowest BCUT2D eigenvalue weighted by Gasteiger charge is -2.05. The van der Waals surface area contributed by atoms with Gasteiger partial charge in [-0.25, -0.2) is 9.78 Å². The van der Waals surface area contributed by atoms with Crippen LogP contribution in [-0.4, -0.2) is 11.0 Å². The largest absolute Gasteiger partial charge is 0.351 e. The van der Waals surface area contributed by atoms with Crippen LogP contribution in [0.15, 0.2) is 35.8 Å². The van der Waals surface area contributed by atoms with E-state index in [1.807, 2.05) is 17.5 Å². The van der Waals surface area contributed by atoms with Crippen molar-refractivity contribution in [1.82, 2.24) is 4.98 Å². The molecule has 2 rings (SSSR count). The van der Waals surface area contributed by atoms with Crippen molar-refractivity contribution in [3.8, 4) is 0 Å². The Morgan fingerprint density at radius 1 is 1.38 bits per heavy atom. The molecule has 0 saturated carbocycles. The van der Waals surface area contributed by atoms with Crippen LogP contribution in [0.2, 0.25) is 0 Å². The highest BCUT2D eigenvalue weighted by atomic mass is 32.1. The minimum absolute atomic E-state index is 0.577. The van der Waals surface area contributed by atoms with Gasteiger partial charge in [-0.15, -0.1) is 11.3 Å². The number of urea groups is 1. The second kappa shape index (κ2) is 4.63. The average Bonchev–Trinajstić information content (AvgIpc) is 2.70. The van der Waals surface area contributed by atoms with Gasteiger partial charge in [0.05, 0.1) is 0 Å². The topological polar surface area (TPSA) is 80.0 Å². The molecule has 0 saturated heterocycles. The number of anilines is 3. The molecular weight excluding hydrogens is 224 g/mol. The van der Waals surface area contributed by atoms with Gasteiger partial charge < -0.3 is 16.4 Å². The van der Waals surface area contributed by atoms with E-state index >= 15 is 0 Å². The van der Waals surface area contributed by atoms with E-state index in [-0.39, 0.29) is 0 Å². The Balaban J connectivity index is 2.13. The zero-order valence-corrected chi connectivity index (χ0v) is 9.12. The van der Waals surface area contributed by atoms with Gasteiger partial charge in [0.1, 0.15) is 0 Å². The molecule has 6 heteroatoms. The Bertz CT molecular complexity index is 483. The molecule has 0 fully saturated rings. The van der Waals surface area contributed by atoms with Gasteiger partial charge in [0.15, 0.2) is 5.13 Å². The van der Waals surface area contributed by atoms with Crippen LogP contribution >= 0.6 is 11.3 Å². The van der Waals surface area contributed by atoms with E-state index in [1.165, 1.54) is 11.3 Å². The molecule has 0 aliphatic heterocycles. The number of hydrogen-bond donors (Lipinski definition) is 3. The van der Waals surface area contributed by atoms with Crippen LogP contribution in [0.5, 0.6) is 0 Å². The molecule has 1 heterocycles. The summed E-state index contributed by atoms with van der Waals surface area (Å²) in [5.74, 6) is 0. The van der Waals surface area contributed by atoms with Gasteiger partial charge in [0.2, 0.25) is 0 Å². The number of aromatic nitrogens is 1. The van der Waals surface area contributed by atoms with Crippen LogP contribution in [0.1, 0.15) is 0 Å². The standard InChI is InChI=1S/C10H10N4OS/c11-9(15)13-7-2-1-3-8(6-7)14-10-12-4-5-16-10/h1-6H,(H,12,14)(H3,11,13,15). The number of carbonyl (C=O) groups excluding carboxylic acids is 1. The number of rotatable bonds is 3. The van der Waals surface area contributed by atoms with Crippen molar-refractivity contribution in [2.75, 3.05) is 10.6 Å². The van der Waals surface area contributed by atoms with Crippen LogP contribution in [0.25, 0.3) is 0 Å². The lowest BCUT2D eigenvalue weighted by molar-refractivity contribution is 0.259. The molecule has 0 bridgehead atoms. The number of carbonyl (C=O) groups is 1. The van der Waals surface area contributed by atoms with E-state index in [9.17, 15) is 4.79 Å². The van der Waals surface area contributed by atoms with Gasteiger partial charge in [-0.3, -0.25) is 0 Å². The zero-order chi connectivity index (χ0) is 11.4. The number of amides is 2. The van der Waals surface area contributed by atoms with Crippen LogP contribution in [0.3, 0.4) is 0 Å². The third-order valence-corrected chi connectivity index (χ3v) is 2.50. The smallest absolute Gasteiger partial charge is 0.316 e. The van der Waals surface area contributed by atoms with Crippen molar-refractivity contribution in [2.24, 2.45) is 5.73 Å². The predicted octanol–water partition coefficient (Wildman–Crippen LogP) is 2.38. The van der Waals surface area contributed by atoms with Gasteiger partial charge in [0.25, 0.3) is 0 Å². The summed E-state index contributed by atoms with van der Waals surface area (Å²) in [5.41, 5.74) is 6.53. The maximum atomic E-state index is 10.7. The summed E-state index contributed by atoms with van der Waals surface area (Å²) in [6.07, 6.45) is 1.72. The number of hydrogen-bond acceptors (Lipinski definition) is 4. The lowest BCUT2D eigenvalue weighted by atomic mass is 10.3. The molecule has 5 nitrogen and oxygen atoms in total. The van der Waals surface area contributed by atoms with Crippen molar-refractivity contribution < 1.29 is 4.79 Å². The van der Waals surface area contributed by atoms with Crippen LogP contribution < -0.4 is 16.4 Å². The van der Waals surface area contributed by atoms with Gasteiger partial charge in [-0.2, -0.15) is 0 Å². The fourth-order valence-corrected chi connectivity index (χ4v) is 1.77. The normalized spacial score (nSPS) is 9.75. The van der Waals surface area contributed by atoms with Crippen molar-refractivity contribution in [3.05, 3.63) is 35.8 Å². The van der Waals surface area contributed by atoms with Gasteiger partial charge in [0, 0.05) is 23.0 Å². The van der Waals surface area contributed by atoms with Crippen molar-refractivity contribution in [2.45, 2.75) is 0 Å².